The van der Waals surface area contributed by atoms with Crippen molar-refractivity contribution in [1.82, 2.24) is 5.32 Å². The summed E-state index contributed by atoms with van der Waals surface area (Å²) in [5.41, 5.74) is 2.50. The van der Waals surface area contributed by atoms with Crippen molar-refractivity contribution in [1.29, 1.82) is 0 Å². The molecule has 0 saturated carbocycles. The zero-order valence-electron chi connectivity index (χ0n) is 15.7. The predicted molar refractivity (Wildman–Crippen MR) is 106 cm³/mol. The van der Waals surface area contributed by atoms with Crippen molar-refractivity contribution in [3.05, 3.63) is 95.3 Å². The van der Waals surface area contributed by atoms with Crippen LogP contribution in [0.5, 0.6) is 11.5 Å². The number of methoxy groups -OCH3 is 1. The summed E-state index contributed by atoms with van der Waals surface area (Å²) in [7, 11) is 1.54. The molecule has 0 heterocycles. The maximum absolute atomic E-state index is 12.9. The fourth-order valence-corrected chi connectivity index (χ4v) is 2.74. The summed E-state index contributed by atoms with van der Waals surface area (Å²) in [5, 5.41) is 2.86. The topological polar surface area (TPSA) is 47.6 Å². The third-order valence-electron chi connectivity index (χ3n) is 4.28. The lowest BCUT2D eigenvalue weighted by molar-refractivity contribution is 0.0953. The van der Waals surface area contributed by atoms with Gasteiger partial charge in [-0.15, -0.1) is 0 Å². The predicted octanol–water partition coefficient (Wildman–Crippen LogP) is 4.39. The average molecular weight is 379 g/mol. The minimum atomic E-state index is -0.269. The summed E-state index contributed by atoms with van der Waals surface area (Å²) in [4.78, 5) is 12.4. The summed E-state index contributed by atoms with van der Waals surface area (Å²) in [6.07, 6.45) is 0.626. The second-order valence-electron chi connectivity index (χ2n) is 6.27. The van der Waals surface area contributed by atoms with E-state index in [-0.39, 0.29) is 11.7 Å². The number of ether oxygens (including phenoxy) is 2. The third-order valence-corrected chi connectivity index (χ3v) is 4.28. The minimum Gasteiger partial charge on any atom is -0.493 e. The molecule has 0 saturated heterocycles. The molecule has 1 N–H and O–H groups in total. The number of halogens is 1. The Morgan fingerprint density at radius 1 is 0.929 bits per heavy atom. The van der Waals surface area contributed by atoms with Gasteiger partial charge >= 0.3 is 0 Å². The Balaban J connectivity index is 1.57. The lowest BCUT2D eigenvalue weighted by Gasteiger charge is -2.12. The minimum absolute atomic E-state index is 0.199. The van der Waals surface area contributed by atoms with E-state index >= 15 is 0 Å². The van der Waals surface area contributed by atoms with E-state index in [1.54, 1.807) is 37.4 Å². The van der Waals surface area contributed by atoms with Crippen molar-refractivity contribution in [2.45, 2.75) is 13.0 Å². The van der Waals surface area contributed by atoms with Crippen molar-refractivity contribution < 1.29 is 18.7 Å². The smallest absolute Gasteiger partial charge is 0.251 e. The van der Waals surface area contributed by atoms with Crippen LogP contribution in [0.25, 0.3) is 0 Å². The molecule has 0 aliphatic rings. The Kier molecular flexibility index (Phi) is 6.63. The molecule has 0 bridgehead atoms. The van der Waals surface area contributed by atoms with Crippen molar-refractivity contribution in [3.63, 3.8) is 0 Å². The van der Waals surface area contributed by atoms with Gasteiger partial charge in [-0.2, -0.15) is 0 Å². The number of carbonyl (C=O) groups is 1. The molecule has 28 heavy (non-hydrogen) atoms. The highest BCUT2D eigenvalue weighted by atomic mass is 19.1. The fraction of sp³-hybridized carbons (Fsp3) is 0.174. The number of amides is 1. The number of rotatable bonds is 8. The molecule has 0 aliphatic heterocycles. The van der Waals surface area contributed by atoms with Crippen LogP contribution in [0.1, 0.15) is 21.5 Å². The van der Waals surface area contributed by atoms with Crippen LogP contribution in [0.15, 0.2) is 72.8 Å². The summed E-state index contributed by atoms with van der Waals surface area (Å²) in [6, 6.07) is 21.2. The van der Waals surface area contributed by atoms with Crippen molar-refractivity contribution in [2.75, 3.05) is 13.7 Å². The van der Waals surface area contributed by atoms with Crippen LogP contribution < -0.4 is 14.8 Å². The van der Waals surface area contributed by atoms with Gasteiger partial charge in [0.1, 0.15) is 12.4 Å². The first-order chi connectivity index (χ1) is 13.7. The molecule has 3 aromatic rings. The van der Waals surface area contributed by atoms with E-state index in [0.717, 1.165) is 11.1 Å². The molecule has 0 fully saturated rings. The highest BCUT2D eigenvalue weighted by Gasteiger charge is 2.11. The normalized spacial score (nSPS) is 10.4. The van der Waals surface area contributed by atoms with E-state index in [9.17, 15) is 9.18 Å². The Morgan fingerprint density at radius 2 is 1.68 bits per heavy atom. The van der Waals surface area contributed by atoms with Gasteiger partial charge in [0.2, 0.25) is 0 Å². The second-order valence-corrected chi connectivity index (χ2v) is 6.27. The van der Waals surface area contributed by atoms with E-state index in [1.807, 2.05) is 30.3 Å². The van der Waals surface area contributed by atoms with Crippen molar-refractivity contribution in [3.8, 4) is 11.5 Å². The quantitative estimate of drug-likeness (QED) is 0.632. The van der Waals surface area contributed by atoms with Gasteiger partial charge in [0.15, 0.2) is 11.5 Å². The Labute approximate surface area is 163 Å². The van der Waals surface area contributed by atoms with Crippen molar-refractivity contribution in [2.24, 2.45) is 0 Å². The molecule has 5 heteroatoms. The summed E-state index contributed by atoms with van der Waals surface area (Å²) in [6.45, 7) is 0.874. The molecule has 0 aromatic heterocycles. The lowest BCUT2D eigenvalue weighted by Crippen LogP contribution is -2.25. The van der Waals surface area contributed by atoms with Crippen LogP contribution in [0.3, 0.4) is 0 Å². The average Bonchev–Trinajstić information content (AvgIpc) is 2.74. The Bertz CT molecular complexity index is 911. The van der Waals surface area contributed by atoms with Crippen LogP contribution in [-0.4, -0.2) is 19.6 Å². The Morgan fingerprint density at radius 3 is 2.39 bits per heavy atom. The van der Waals surface area contributed by atoms with Crippen LogP contribution in [0.4, 0.5) is 4.39 Å². The zero-order valence-corrected chi connectivity index (χ0v) is 15.7. The molecule has 0 aliphatic carbocycles. The first kappa shape index (κ1) is 19.4. The van der Waals surface area contributed by atoms with Gasteiger partial charge in [-0.1, -0.05) is 42.5 Å². The molecule has 0 radical (unpaired) electrons. The van der Waals surface area contributed by atoms with E-state index < -0.39 is 0 Å². The van der Waals surface area contributed by atoms with E-state index in [4.69, 9.17) is 9.47 Å². The van der Waals surface area contributed by atoms with E-state index in [0.29, 0.717) is 36.6 Å². The first-order valence-corrected chi connectivity index (χ1v) is 9.03. The molecular weight excluding hydrogens is 357 g/mol. The van der Waals surface area contributed by atoms with Gasteiger partial charge < -0.3 is 14.8 Å². The third kappa shape index (κ3) is 5.33. The summed E-state index contributed by atoms with van der Waals surface area (Å²) in [5.74, 6) is 0.612. The van der Waals surface area contributed by atoms with E-state index in [1.165, 1.54) is 12.1 Å². The summed E-state index contributed by atoms with van der Waals surface area (Å²) < 4.78 is 24.1. The molecule has 0 unspecified atom stereocenters. The summed E-state index contributed by atoms with van der Waals surface area (Å²) >= 11 is 0. The highest BCUT2D eigenvalue weighted by molar-refractivity contribution is 5.94. The largest absolute Gasteiger partial charge is 0.493 e. The second kappa shape index (κ2) is 9.55. The maximum Gasteiger partial charge on any atom is 0.251 e. The maximum atomic E-state index is 12.9. The number of carbonyl (C=O) groups excluding carboxylic acids is 1. The van der Waals surface area contributed by atoms with Gasteiger partial charge in [0.05, 0.1) is 7.11 Å². The van der Waals surface area contributed by atoms with Gasteiger partial charge in [0, 0.05) is 12.1 Å². The number of benzene rings is 3. The number of hydrogen-bond donors (Lipinski definition) is 1. The highest BCUT2D eigenvalue weighted by Crippen LogP contribution is 2.28. The van der Waals surface area contributed by atoms with Crippen molar-refractivity contribution >= 4 is 5.91 Å². The number of nitrogens with one attached hydrogen (secondary N) is 1. The number of hydrogen-bond acceptors (Lipinski definition) is 3. The van der Waals surface area contributed by atoms with Gasteiger partial charge in [-0.05, 0) is 47.9 Å². The molecule has 0 atom stereocenters. The van der Waals surface area contributed by atoms with Gasteiger partial charge in [-0.3, -0.25) is 4.79 Å². The molecule has 3 aromatic carbocycles. The van der Waals surface area contributed by atoms with E-state index in [2.05, 4.69) is 5.32 Å². The standard InChI is InChI=1S/C23H22FNO3/c1-27-22-15-19(9-12-21(22)28-16-18-5-3-2-4-6-18)23(26)25-14-13-17-7-10-20(24)11-8-17/h2-12,15H,13-14,16H2,1H3,(H,25,26). The SMILES string of the molecule is COc1cc(C(=O)NCCc2ccc(F)cc2)ccc1OCc1ccccc1. The van der Waals surface area contributed by atoms with Crippen LogP contribution in [-0.2, 0) is 13.0 Å². The van der Waals surface area contributed by atoms with Crippen LogP contribution >= 0.6 is 0 Å². The lowest BCUT2D eigenvalue weighted by atomic mass is 10.1. The molecule has 3 rings (SSSR count). The molecule has 1 amide bonds. The van der Waals surface area contributed by atoms with Crippen LogP contribution in [0.2, 0.25) is 0 Å². The van der Waals surface area contributed by atoms with Gasteiger partial charge in [0.25, 0.3) is 5.91 Å². The fourth-order valence-electron chi connectivity index (χ4n) is 2.74. The first-order valence-electron chi connectivity index (χ1n) is 9.03. The zero-order chi connectivity index (χ0) is 19.8. The monoisotopic (exact) mass is 379 g/mol. The molecule has 4 nitrogen and oxygen atoms in total. The van der Waals surface area contributed by atoms with Crippen LogP contribution in [0, 0.1) is 5.82 Å². The van der Waals surface area contributed by atoms with Gasteiger partial charge in [-0.25, -0.2) is 4.39 Å². The molecule has 144 valence electrons. The molecular formula is C23H22FNO3. The Hall–Kier alpha value is -3.34. The molecule has 0 spiro atoms.